The molecule has 0 atom stereocenters. The standard InChI is InChI=1S/C14H18N2O2/c1-14(5-7-15-8-6-14)13-16-11-4-3-10(17-2)9-12(11)18-13/h3-4,9,15H,5-8H2,1-2H3. The van der Waals surface area contributed by atoms with Crippen LogP contribution in [0.3, 0.4) is 0 Å². The molecule has 2 heterocycles. The Labute approximate surface area is 106 Å². The van der Waals surface area contributed by atoms with Gasteiger partial charge < -0.3 is 14.5 Å². The van der Waals surface area contributed by atoms with Crippen molar-refractivity contribution >= 4 is 11.1 Å². The number of hydrogen-bond acceptors (Lipinski definition) is 4. The van der Waals surface area contributed by atoms with Gasteiger partial charge in [-0.05, 0) is 38.1 Å². The van der Waals surface area contributed by atoms with Crippen LogP contribution in [0.1, 0.15) is 25.7 Å². The molecule has 0 bridgehead atoms. The van der Waals surface area contributed by atoms with Gasteiger partial charge in [0.05, 0.1) is 7.11 Å². The van der Waals surface area contributed by atoms with Gasteiger partial charge in [0, 0.05) is 11.5 Å². The Bertz CT molecular complexity index is 556. The number of ether oxygens (including phenoxy) is 1. The number of rotatable bonds is 2. The molecule has 4 heteroatoms. The Hall–Kier alpha value is -1.55. The zero-order chi connectivity index (χ0) is 12.6. The molecule has 1 aromatic carbocycles. The zero-order valence-corrected chi connectivity index (χ0v) is 10.8. The lowest BCUT2D eigenvalue weighted by Gasteiger charge is -2.30. The first-order valence-electron chi connectivity index (χ1n) is 6.37. The fraction of sp³-hybridized carbons (Fsp3) is 0.500. The van der Waals surface area contributed by atoms with E-state index in [0.29, 0.717) is 0 Å². The molecule has 4 nitrogen and oxygen atoms in total. The minimum absolute atomic E-state index is 0.0531. The van der Waals surface area contributed by atoms with Gasteiger partial charge in [-0.25, -0.2) is 4.98 Å². The van der Waals surface area contributed by atoms with Crippen LogP contribution in [0.25, 0.3) is 11.1 Å². The Balaban J connectivity index is 2.02. The van der Waals surface area contributed by atoms with Gasteiger partial charge in [0.2, 0.25) is 5.89 Å². The number of nitrogens with one attached hydrogen (secondary N) is 1. The summed E-state index contributed by atoms with van der Waals surface area (Å²) >= 11 is 0. The normalized spacial score (nSPS) is 19.0. The number of benzene rings is 1. The largest absolute Gasteiger partial charge is 0.497 e. The van der Waals surface area contributed by atoms with Crippen LogP contribution in [-0.2, 0) is 5.41 Å². The van der Waals surface area contributed by atoms with E-state index < -0.39 is 0 Å². The Morgan fingerprint density at radius 2 is 2.11 bits per heavy atom. The fourth-order valence-electron chi connectivity index (χ4n) is 2.48. The molecule has 2 aromatic rings. The molecule has 1 aromatic heterocycles. The molecule has 3 rings (SSSR count). The lowest BCUT2D eigenvalue weighted by Crippen LogP contribution is -2.37. The van der Waals surface area contributed by atoms with Crippen molar-refractivity contribution in [1.82, 2.24) is 10.3 Å². The summed E-state index contributed by atoms with van der Waals surface area (Å²) in [6.45, 7) is 4.28. The molecule has 96 valence electrons. The SMILES string of the molecule is COc1ccc2nc(C3(C)CCNCC3)oc2c1. The van der Waals surface area contributed by atoms with Crippen LogP contribution in [-0.4, -0.2) is 25.2 Å². The van der Waals surface area contributed by atoms with E-state index in [4.69, 9.17) is 9.15 Å². The number of aromatic nitrogens is 1. The second kappa shape index (κ2) is 4.28. The molecule has 1 N–H and O–H groups in total. The van der Waals surface area contributed by atoms with Crippen molar-refractivity contribution in [3.05, 3.63) is 24.1 Å². The molecule has 18 heavy (non-hydrogen) atoms. The van der Waals surface area contributed by atoms with Gasteiger partial charge in [-0.2, -0.15) is 0 Å². The Morgan fingerprint density at radius 1 is 1.33 bits per heavy atom. The summed E-state index contributed by atoms with van der Waals surface area (Å²) in [5.41, 5.74) is 1.77. The number of piperidine rings is 1. The van der Waals surface area contributed by atoms with Gasteiger partial charge in [0.25, 0.3) is 0 Å². The molecule has 0 amide bonds. The van der Waals surface area contributed by atoms with E-state index in [9.17, 15) is 0 Å². The zero-order valence-electron chi connectivity index (χ0n) is 10.8. The predicted octanol–water partition coefficient (Wildman–Crippen LogP) is 2.48. The third-order valence-corrected chi connectivity index (χ3v) is 3.82. The second-order valence-corrected chi connectivity index (χ2v) is 5.16. The number of nitrogens with zero attached hydrogens (tertiary/aromatic N) is 1. The number of hydrogen-bond donors (Lipinski definition) is 1. The minimum Gasteiger partial charge on any atom is -0.497 e. The molecule has 0 saturated carbocycles. The van der Waals surface area contributed by atoms with Crippen LogP contribution in [0.15, 0.2) is 22.6 Å². The first-order valence-corrected chi connectivity index (χ1v) is 6.37. The average Bonchev–Trinajstić information content (AvgIpc) is 2.83. The van der Waals surface area contributed by atoms with Crippen molar-refractivity contribution in [3.8, 4) is 5.75 Å². The van der Waals surface area contributed by atoms with Crippen LogP contribution >= 0.6 is 0 Å². The van der Waals surface area contributed by atoms with Crippen molar-refractivity contribution in [2.45, 2.75) is 25.2 Å². The molecule has 1 aliphatic heterocycles. The van der Waals surface area contributed by atoms with Gasteiger partial charge in [0.15, 0.2) is 5.58 Å². The van der Waals surface area contributed by atoms with E-state index in [1.807, 2.05) is 18.2 Å². The average molecular weight is 246 g/mol. The second-order valence-electron chi connectivity index (χ2n) is 5.16. The Kier molecular flexibility index (Phi) is 2.74. The maximum Gasteiger partial charge on any atom is 0.201 e. The van der Waals surface area contributed by atoms with Gasteiger partial charge >= 0.3 is 0 Å². The number of oxazole rings is 1. The molecule has 0 spiro atoms. The van der Waals surface area contributed by atoms with E-state index in [1.54, 1.807) is 7.11 Å². The molecular weight excluding hydrogens is 228 g/mol. The van der Waals surface area contributed by atoms with Crippen molar-refractivity contribution in [2.24, 2.45) is 0 Å². The summed E-state index contributed by atoms with van der Waals surface area (Å²) in [6, 6.07) is 5.77. The van der Waals surface area contributed by atoms with Gasteiger partial charge in [0.1, 0.15) is 11.3 Å². The van der Waals surface area contributed by atoms with Gasteiger partial charge in [-0.3, -0.25) is 0 Å². The van der Waals surface area contributed by atoms with E-state index >= 15 is 0 Å². The van der Waals surface area contributed by atoms with E-state index in [0.717, 1.165) is 48.7 Å². The summed E-state index contributed by atoms with van der Waals surface area (Å²) < 4.78 is 11.1. The highest BCUT2D eigenvalue weighted by molar-refractivity contribution is 5.74. The third-order valence-electron chi connectivity index (χ3n) is 3.82. The van der Waals surface area contributed by atoms with Crippen LogP contribution in [0.4, 0.5) is 0 Å². The minimum atomic E-state index is 0.0531. The highest BCUT2D eigenvalue weighted by Crippen LogP contribution is 2.34. The quantitative estimate of drug-likeness (QED) is 0.884. The van der Waals surface area contributed by atoms with E-state index in [2.05, 4.69) is 17.2 Å². The van der Waals surface area contributed by atoms with E-state index in [-0.39, 0.29) is 5.41 Å². The van der Waals surface area contributed by atoms with Crippen LogP contribution in [0, 0.1) is 0 Å². The monoisotopic (exact) mass is 246 g/mol. The van der Waals surface area contributed by atoms with Crippen molar-refractivity contribution < 1.29 is 9.15 Å². The first kappa shape index (κ1) is 11.5. The summed E-state index contributed by atoms with van der Waals surface area (Å²) in [5, 5.41) is 3.37. The van der Waals surface area contributed by atoms with Crippen LogP contribution in [0.2, 0.25) is 0 Å². The van der Waals surface area contributed by atoms with Gasteiger partial charge in [-0.15, -0.1) is 0 Å². The summed E-state index contributed by atoms with van der Waals surface area (Å²) in [5.74, 6) is 1.66. The molecule has 1 saturated heterocycles. The van der Waals surface area contributed by atoms with Gasteiger partial charge in [-0.1, -0.05) is 6.92 Å². The number of fused-ring (bicyclic) bond motifs is 1. The van der Waals surface area contributed by atoms with E-state index in [1.165, 1.54) is 0 Å². The third kappa shape index (κ3) is 1.86. The molecular formula is C14H18N2O2. The predicted molar refractivity (Wildman–Crippen MR) is 70.0 cm³/mol. The smallest absolute Gasteiger partial charge is 0.201 e. The summed E-state index contributed by atoms with van der Waals surface area (Å²) in [4.78, 5) is 4.63. The molecule has 1 fully saturated rings. The van der Waals surface area contributed by atoms with Crippen molar-refractivity contribution in [3.63, 3.8) is 0 Å². The number of methoxy groups -OCH3 is 1. The molecule has 1 aliphatic rings. The first-order chi connectivity index (χ1) is 8.71. The van der Waals surface area contributed by atoms with Crippen molar-refractivity contribution in [2.75, 3.05) is 20.2 Å². The maximum atomic E-state index is 5.93. The lowest BCUT2D eigenvalue weighted by molar-refractivity contribution is 0.274. The van der Waals surface area contributed by atoms with Crippen molar-refractivity contribution in [1.29, 1.82) is 0 Å². The molecule has 0 aliphatic carbocycles. The summed E-state index contributed by atoms with van der Waals surface area (Å²) in [6.07, 6.45) is 2.13. The maximum absolute atomic E-state index is 5.93. The Morgan fingerprint density at radius 3 is 2.83 bits per heavy atom. The fourth-order valence-corrected chi connectivity index (χ4v) is 2.48. The molecule has 0 radical (unpaired) electrons. The lowest BCUT2D eigenvalue weighted by atomic mass is 9.81. The van der Waals surface area contributed by atoms with Crippen LogP contribution in [0.5, 0.6) is 5.75 Å². The van der Waals surface area contributed by atoms with Crippen LogP contribution < -0.4 is 10.1 Å². The highest BCUT2D eigenvalue weighted by atomic mass is 16.5. The topological polar surface area (TPSA) is 47.3 Å². The molecule has 0 unspecified atom stereocenters. The summed E-state index contributed by atoms with van der Waals surface area (Å²) in [7, 11) is 1.66. The highest BCUT2D eigenvalue weighted by Gasteiger charge is 2.33.